The van der Waals surface area contributed by atoms with E-state index >= 15 is 0 Å². The van der Waals surface area contributed by atoms with E-state index in [1.807, 2.05) is 18.2 Å². The zero-order valence-corrected chi connectivity index (χ0v) is 18.6. The molecule has 1 aliphatic rings. The van der Waals surface area contributed by atoms with Crippen LogP contribution in [0.25, 0.3) is 0 Å². The van der Waals surface area contributed by atoms with Gasteiger partial charge in [-0.1, -0.05) is 48.9 Å². The van der Waals surface area contributed by atoms with Gasteiger partial charge >= 0.3 is 0 Å². The smallest absolute Gasteiger partial charge is 0.243 e. The standard InChI is InChI=1S/C23H31N3O3S/c1-19(26(30(2,28)29)22-9-5-3-6-10-22)23(27)24-17-20-11-13-21(14-12-20)18-25-15-7-4-8-16-25/h3,5-6,9-14,19H,4,7-8,15-18H2,1-2H3,(H,24,27). The fourth-order valence-electron chi connectivity index (χ4n) is 3.86. The van der Waals surface area contributed by atoms with Crippen LogP contribution < -0.4 is 9.62 Å². The van der Waals surface area contributed by atoms with Crippen LogP contribution in [0.3, 0.4) is 0 Å². The average molecular weight is 430 g/mol. The van der Waals surface area contributed by atoms with E-state index in [4.69, 9.17) is 0 Å². The molecule has 1 N–H and O–H groups in total. The van der Waals surface area contributed by atoms with E-state index in [0.717, 1.165) is 35.8 Å². The first-order valence-corrected chi connectivity index (χ1v) is 12.3. The van der Waals surface area contributed by atoms with Gasteiger partial charge in [-0.3, -0.25) is 14.0 Å². The molecular weight excluding hydrogens is 398 g/mol. The van der Waals surface area contributed by atoms with Gasteiger partial charge in [-0.25, -0.2) is 8.42 Å². The summed E-state index contributed by atoms with van der Waals surface area (Å²) >= 11 is 0. The van der Waals surface area contributed by atoms with Crippen LogP contribution in [-0.2, 0) is 27.9 Å². The quantitative estimate of drug-likeness (QED) is 0.700. The third kappa shape index (κ3) is 6.06. The summed E-state index contributed by atoms with van der Waals surface area (Å²) in [5, 5.41) is 2.87. The molecular formula is C23H31N3O3S. The highest BCUT2D eigenvalue weighted by Crippen LogP contribution is 2.20. The van der Waals surface area contributed by atoms with Crippen molar-refractivity contribution in [2.24, 2.45) is 0 Å². The summed E-state index contributed by atoms with van der Waals surface area (Å²) in [4.78, 5) is 15.2. The lowest BCUT2D eigenvalue weighted by Gasteiger charge is -2.28. The summed E-state index contributed by atoms with van der Waals surface area (Å²) in [5.74, 6) is -0.332. The molecule has 0 aromatic heterocycles. The molecule has 0 spiro atoms. The van der Waals surface area contributed by atoms with Crippen molar-refractivity contribution >= 4 is 21.6 Å². The Balaban J connectivity index is 1.58. The molecule has 2 aromatic carbocycles. The van der Waals surface area contributed by atoms with Crippen LogP contribution in [0, 0.1) is 0 Å². The average Bonchev–Trinajstić information content (AvgIpc) is 2.73. The van der Waals surface area contributed by atoms with Gasteiger partial charge in [-0.2, -0.15) is 0 Å². The van der Waals surface area contributed by atoms with E-state index < -0.39 is 16.1 Å². The van der Waals surface area contributed by atoms with Crippen molar-refractivity contribution in [1.29, 1.82) is 0 Å². The number of rotatable bonds is 8. The Labute approximate surface area is 179 Å². The number of sulfonamides is 1. The van der Waals surface area contributed by atoms with Crippen molar-refractivity contribution in [3.63, 3.8) is 0 Å². The lowest BCUT2D eigenvalue weighted by molar-refractivity contribution is -0.122. The first-order chi connectivity index (χ1) is 14.3. The van der Waals surface area contributed by atoms with Crippen LogP contribution in [-0.4, -0.2) is 44.6 Å². The van der Waals surface area contributed by atoms with E-state index in [9.17, 15) is 13.2 Å². The monoisotopic (exact) mass is 429 g/mol. The number of nitrogens with one attached hydrogen (secondary N) is 1. The van der Waals surface area contributed by atoms with Crippen LogP contribution >= 0.6 is 0 Å². The third-order valence-corrected chi connectivity index (χ3v) is 6.69. The second-order valence-corrected chi connectivity index (χ2v) is 9.80. The SMILES string of the molecule is CC(C(=O)NCc1ccc(CN2CCCCC2)cc1)N(c1ccccc1)S(C)(=O)=O. The van der Waals surface area contributed by atoms with Gasteiger partial charge in [-0.15, -0.1) is 0 Å². The first kappa shape index (κ1) is 22.3. The molecule has 30 heavy (non-hydrogen) atoms. The highest BCUT2D eigenvalue weighted by atomic mass is 32.2. The Morgan fingerprint density at radius 2 is 1.60 bits per heavy atom. The fourth-order valence-corrected chi connectivity index (χ4v) is 5.03. The second kappa shape index (κ2) is 10.1. The lowest BCUT2D eigenvalue weighted by atomic mass is 10.1. The number of amides is 1. The van der Waals surface area contributed by atoms with Gasteiger partial charge in [0.1, 0.15) is 6.04 Å². The van der Waals surface area contributed by atoms with Crippen molar-refractivity contribution in [3.05, 3.63) is 65.7 Å². The summed E-state index contributed by atoms with van der Waals surface area (Å²) in [7, 11) is -3.60. The molecule has 1 heterocycles. The molecule has 0 saturated carbocycles. The topological polar surface area (TPSA) is 69.7 Å². The van der Waals surface area contributed by atoms with Gasteiger partial charge in [0.15, 0.2) is 0 Å². The maximum Gasteiger partial charge on any atom is 0.243 e. The maximum atomic E-state index is 12.7. The number of piperidine rings is 1. The summed E-state index contributed by atoms with van der Waals surface area (Å²) in [6.07, 6.45) is 4.99. The molecule has 162 valence electrons. The van der Waals surface area contributed by atoms with Gasteiger partial charge in [0.05, 0.1) is 11.9 Å². The summed E-state index contributed by atoms with van der Waals surface area (Å²) in [6, 6.07) is 16.1. The predicted molar refractivity (Wildman–Crippen MR) is 121 cm³/mol. The Kier molecular flexibility index (Phi) is 7.50. The number of carbonyl (C=O) groups excluding carboxylic acids is 1. The Morgan fingerprint density at radius 3 is 2.20 bits per heavy atom. The van der Waals surface area contributed by atoms with Gasteiger partial charge in [0, 0.05) is 13.1 Å². The van der Waals surface area contributed by atoms with Crippen LogP contribution in [0.4, 0.5) is 5.69 Å². The molecule has 1 aliphatic heterocycles. The summed E-state index contributed by atoms with van der Waals surface area (Å²) < 4.78 is 25.7. The van der Waals surface area contributed by atoms with E-state index in [1.165, 1.54) is 24.8 Å². The minimum atomic E-state index is -3.60. The normalized spacial score (nSPS) is 16.1. The highest BCUT2D eigenvalue weighted by molar-refractivity contribution is 7.92. The van der Waals surface area contributed by atoms with E-state index in [1.54, 1.807) is 31.2 Å². The Bertz CT molecular complexity index is 924. The molecule has 0 aliphatic carbocycles. The van der Waals surface area contributed by atoms with E-state index in [0.29, 0.717) is 12.2 Å². The zero-order valence-electron chi connectivity index (χ0n) is 17.8. The molecule has 3 rings (SSSR count). The third-order valence-electron chi connectivity index (χ3n) is 5.44. The largest absolute Gasteiger partial charge is 0.350 e. The van der Waals surface area contributed by atoms with Gasteiger partial charge in [-0.05, 0) is 56.1 Å². The van der Waals surface area contributed by atoms with Gasteiger partial charge in [0.2, 0.25) is 15.9 Å². The molecule has 6 nitrogen and oxygen atoms in total. The van der Waals surface area contributed by atoms with Crippen LogP contribution in [0.15, 0.2) is 54.6 Å². The number of para-hydroxylation sites is 1. The lowest BCUT2D eigenvalue weighted by Crippen LogP contribution is -2.47. The Hall–Kier alpha value is -2.38. The number of carbonyl (C=O) groups is 1. The van der Waals surface area contributed by atoms with Crippen molar-refractivity contribution in [2.45, 2.75) is 45.3 Å². The summed E-state index contributed by atoms with van der Waals surface area (Å²) in [5.41, 5.74) is 2.74. The van der Waals surface area contributed by atoms with Crippen molar-refractivity contribution in [2.75, 3.05) is 23.7 Å². The molecule has 1 fully saturated rings. The van der Waals surface area contributed by atoms with Crippen molar-refractivity contribution in [1.82, 2.24) is 10.2 Å². The van der Waals surface area contributed by atoms with Crippen molar-refractivity contribution < 1.29 is 13.2 Å². The van der Waals surface area contributed by atoms with E-state index in [2.05, 4.69) is 22.3 Å². The number of benzene rings is 2. The molecule has 0 bridgehead atoms. The second-order valence-electron chi connectivity index (χ2n) is 7.94. The minimum Gasteiger partial charge on any atom is -0.350 e. The van der Waals surface area contributed by atoms with Gasteiger partial charge in [0.25, 0.3) is 0 Å². The van der Waals surface area contributed by atoms with Crippen LogP contribution in [0.5, 0.6) is 0 Å². The molecule has 0 radical (unpaired) electrons. The fraction of sp³-hybridized carbons (Fsp3) is 0.435. The molecule has 2 aromatic rings. The number of anilines is 1. The Morgan fingerprint density at radius 1 is 1.00 bits per heavy atom. The van der Waals surface area contributed by atoms with Gasteiger partial charge < -0.3 is 5.32 Å². The minimum absolute atomic E-state index is 0.332. The van der Waals surface area contributed by atoms with Crippen LogP contribution in [0.2, 0.25) is 0 Å². The number of likely N-dealkylation sites (tertiary alicyclic amines) is 1. The maximum absolute atomic E-state index is 12.7. The van der Waals surface area contributed by atoms with E-state index in [-0.39, 0.29) is 5.91 Å². The first-order valence-electron chi connectivity index (χ1n) is 10.5. The molecule has 1 unspecified atom stereocenters. The van der Waals surface area contributed by atoms with Crippen LogP contribution in [0.1, 0.15) is 37.3 Å². The molecule has 1 saturated heterocycles. The number of hydrogen-bond acceptors (Lipinski definition) is 4. The zero-order chi connectivity index (χ0) is 21.6. The molecule has 1 atom stereocenters. The van der Waals surface area contributed by atoms with Crippen molar-refractivity contribution in [3.8, 4) is 0 Å². The highest BCUT2D eigenvalue weighted by Gasteiger charge is 2.28. The number of nitrogens with zero attached hydrogens (tertiary/aromatic N) is 2. The predicted octanol–water partition coefficient (Wildman–Crippen LogP) is 3.14. The molecule has 1 amide bonds. The number of hydrogen-bond donors (Lipinski definition) is 1. The summed E-state index contributed by atoms with van der Waals surface area (Å²) in [6.45, 7) is 5.25. The molecule has 7 heteroatoms.